The number of ether oxygens (including phenoxy) is 1. The lowest BCUT2D eigenvalue weighted by molar-refractivity contribution is -0.384. The molecule has 0 N–H and O–H groups in total. The van der Waals surface area contributed by atoms with Crippen molar-refractivity contribution in [2.24, 2.45) is 5.16 Å². The molecule has 0 amide bonds. The second kappa shape index (κ2) is 10.6. The molecule has 0 unspecified atom stereocenters. The van der Waals surface area contributed by atoms with Crippen LogP contribution in [0.3, 0.4) is 0 Å². The minimum Gasteiger partial charge on any atom is -0.489 e. The van der Waals surface area contributed by atoms with Crippen LogP contribution in [0.2, 0.25) is 0 Å². The fourth-order valence-corrected chi connectivity index (χ4v) is 3.72. The van der Waals surface area contributed by atoms with Crippen LogP contribution in [-0.2, 0) is 18.1 Å². The van der Waals surface area contributed by atoms with Crippen LogP contribution >= 0.6 is 0 Å². The molecule has 0 bridgehead atoms. The smallest absolute Gasteiger partial charge is 0.269 e. The lowest BCUT2D eigenvalue weighted by atomic mass is 10.2. The van der Waals surface area contributed by atoms with Gasteiger partial charge in [-0.25, -0.2) is 4.39 Å². The van der Waals surface area contributed by atoms with Gasteiger partial charge in [-0.1, -0.05) is 29.4 Å². The van der Waals surface area contributed by atoms with E-state index in [1.807, 2.05) is 44.2 Å². The zero-order valence-corrected chi connectivity index (χ0v) is 19.3. The van der Waals surface area contributed by atoms with E-state index in [-0.39, 0.29) is 18.1 Å². The van der Waals surface area contributed by atoms with E-state index >= 15 is 0 Å². The first kappa shape index (κ1) is 23.7. The molecule has 178 valence electrons. The SMILES string of the molecule is Cc1cc(/C=N\OCc2cccc([N+](=O)[O-])c2)c(C)n1-c1ccc(OCc2ccc(F)cc2)cc1. The molecule has 0 atom stereocenters. The number of nitro benzene ring substituents is 1. The number of aromatic nitrogens is 1. The van der Waals surface area contributed by atoms with E-state index in [1.54, 1.807) is 30.5 Å². The Morgan fingerprint density at radius 1 is 0.971 bits per heavy atom. The fraction of sp³-hybridized carbons (Fsp3) is 0.148. The molecule has 4 aromatic rings. The molecule has 7 nitrogen and oxygen atoms in total. The van der Waals surface area contributed by atoms with Gasteiger partial charge in [-0.15, -0.1) is 0 Å². The highest BCUT2D eigenvalue weighted by atomic mass is 19.1. The zero-order valence-electron chi connectivity index (χ0n) is 19.3. The highest BCUT2D eigenvalue weighted by Crippen LogP contribution is 2.23. The lowest BCUT2D eigenvalue weighted by Gasteiger charge is -2.11. The van der Waals surface area contributed by atoms with E-state index < -0.39 is 4.92 Å². The summed E-state index contributed by atoms with van der Waals surface area (Å²) in [6.07, 6.45) is 1.64. The Balaban J connectivity index is 1.39. The van der Waals surface area contributed by atoms with Gasteiger partial charge >= 0.3 is 0 Å². The van der Waals surface area contributed by atoms with Gasteiger partial charge in [0, 0.05) is 34.8 Å². The second-order valence-electron chi connectivity index (χ2n) is 8.01. The first-order valence-electron chi connectivity index (χ1n) is 11.0. The number of nitro groups is 1. The van der Waals surface area contributed by atoms with Gasteiger partial charge in [0.25, 0.3) is 5.69 Å². The number of hydrogen-bond acceptors (Lipinski definition) is 5. The van der Waals surface area contributed by atoms with Gasteiger partial charge < -0.3 is 14.1 Å². The van der Waals surface area contributed by atoms with E-state index in [2.05, 4.69) is 9.72 Å². The summed E-state index contributed by atoms with van der Waals surface area (Å²) in [4.78, 5) is 15.8. The molecular weight excluding hydrogens is 449 g/mol. The number of non-ortho nitro benzene ring substituents is 1. The van der Waals surface area contributed by atoms with Gasteiger partial charge in [0.2, 0.25) is 0 Å². The normalized spacial score (nSPS) is 11.1. The van der Waals surface area contributed by atoms with Crippen molar-refractivity contribution >= 4 is 11.9 Å². The summed E-state index contributed by atoms with van der Waals surface area (Å²) < 4.78 is 20.9. The molecule has 0 spiro atoms. The van der Waals surface area contributed by atoms with Gasteiger partial charge in [-0.05, 0) is 67.4 Å². The third-order valence-electron chi connectivity index (χ3n) is 5.50. The number of hydrogen-bond donors (Lipinski definition) is 0. The standard InChI is InChI=1S/C27H24FN3O4/c1-19-14-23(16-29-35-18-22-4-3-5-26(15-22)31(32)33)20(2)30(19)25-10-12-27(13-11-25)34-17-21-6-8-24(28)9-7-21/h3-16H,17-18H2,1-2H3/b29-16-. The predicted molar refractivity (Wildman–Crippen MR) is 131 cm³/mol. The number of nitrogens with zero attached hydrogens (tertiary/aromatic N) is 3. The molecule has 0 aliphatic heterocycles. The van der Waals surface area contributed by atoms with Crippen LogP contribution < -0.4 is 4.74 Å². The summed E-state index contributed by atoms with van der Waals surface area (Å²) in [5.74, 6) is 0.450. The molecule has 0 radical (unpaired) electrons. The molecule has 0 fully saturated rings. The molecule has 0 aliphatic carbocycles. The quantitative estimate of drug-likeness (QED) is 0.163. The third kappa shape index (κ3) is 5.92. The maximum absolute atomic E-state index is 13.0. The molecule has 0 saturated carbocycles. The Hall–Kier alpha value is -4.46. The second-order valence-corrected chi connectivity index (χ2v) is 8.01. The lowest BCUT2D eigenvalue weighted by Crippen LogP contribution is -2.00. The van der Waals surface area contributed by atoms with E-state index in [1.165, 1.54) is 24.3 Å². The molecule has 1 aromatic heterocycles. The van der Waals surface area contributed by atoms with Crippen molar-refractivity contribution in [1.29, 1.82) is 0 Å². The number of benzene rings is 3. The zero-order chi connectivity index (χ0) is 24.8. The summed E-state index contributed by atoms with van der Waals surface area (Å²) in [5.41, 5.74) is 5.48. The first-order chi connectivity index (χ1) is 16.9. The number of rotatable bonds is 9. The summed E-state index contributed by atoms with van der Waals surface area (Å²) in [6, 6.07) is 22.3. The minimum atomic E-state index is -0.439. The van der Waals surface area contributed by atoms with E-state index in [4.69, 9.17) is 9.57 Å². The summed E-state index contributed by atoms with van der Waals surface area (Å²) >= 11 is 0. The Morgan fingerprint density at radius 3 is 2.43 bits per heavy atom. The molecule has 0 saturated heterocycles. The molecule has 35 heavy (non-hydrogen) atoms. The van der Waals surface area contributed by atoms with Crippen molar-refractivity contribution in [1.82, 2.24) is 4.57 Å². The third-order valence-corrected chi connectivity index (χ3v) is 5.50. The van der Waals surface area contributed by atoms with Crippen molar-refractivity contribution in [3.05, 3.63) is 123 Å². The summed E-state index contributed by atoms with van der Waals surface area (Å²) in [6.45, 7) is 4.50. The van der Waals surface area contributed by atoms with Crippen LogP contribution in [0.4, 0.5) is 10.1 Å². The van der Waals surface area contributed by atoms with Crippen molar-refractivity contribution in [2.75, 3.05) is 0 Å². The number of halogens is 1. The molecule has 1 heterocycles. The molecular formula is C27H24FN3O4. The van der Waals surface area contributed by atoms with Crippen LogP contribution in [0.25, 0.3) is 5.69 Å². The van der Waals surface area contributed by atoms with Crippen LogP contribution in [0.5, 0.6) is 5.75 Å². The van der Waals surface area contributed by atoms with Crippen molar-refractivity contribution in [3.63, 3.8) is 0 Å². The van der Waals surface area contributed by atoms with Crippen LogP contribution in [0, 0.1) is 29.8 Å². The van der Waals surface area contributed by atoms with E-state index in [0.717, 1.165) is 34.0 Å². The van der Waals surface area contributed by atoms with Crippen LogP contribution in [0.1, 0.15) is 28.1 Å². The maximum Gasteiger partial charge on any atom is 0.269 e. The topological polar surface area (TPSA) is 78.9 Å². The van der Waals surface area contributed by atoms with E-state index in [9.17, 15) is 14.5 Å². The Bertz CT molecular complexity index is 1350. The van der Waals surface area contributed by atoms with Crippen molar-refractivity contribution < 1.29 is 18.9 Å². The highest BCUT2D eigenvalue weighted by Gasteiger charge is 2.10. The first-order valence-corrected chi connectivity index (χ1v) is 11.0. The predicted octanol–water partition coefficient (Wildman–Crippen LogP) is 6.27. The summed E-state index contributed by atoms with van der Waals surface area (Å²) in [5, 5.41) is 14.9. The number of oxime groups is 1. The average Bonchev–Trinajstić information content (AvgIpc) is 3.14. The fourth-order valence-electron chi connectivity index (χ4n) is 3.72. The Kier molecular flexibility index (Phi) is 7.21. The molecule has 3 aromatic carbocycles. The van der Waals surface area contributed by atoms with Crippen molar-refractivity contribution in [2.45, 2.75) is 27.1 Å². The Labute approximate surface area is 202 Å². The largest absolute Gasteiger partial charge is 0.489 e. The summed E-state index contributed by atoms with van der Waals surface area (Å²) in [7, 11) is 0. The van der Waals surface area contributed by atoms with Crippen LogP contribution in [-0.4, -0.2) is 15.7 Å². The Morgan fingerprint density at radius 2 is 1.71 bits per heavy atom. The van der Waals surface area contributed by atoms with Crippen LogP contribution in [0.15, 0.2) is 84.0 Å². The monoisotopic (exact) mass is 473 g/mol. The molecule has 8 heteroatoms. The maximum atomic E-state index is 13.0. The minimum absolute atomic E-state index is 0.0190. The average molecular weight is 474 g/mol. The van der Waals surface area contributed by atoms with Crippen molar-refractivity contribution in [3.8, 4) is 11.4 Å². The van der Waals surface area contributed by atoms with Gasteiger partial charge in [0.15, 0.2) is 0 Å². The van der Waals surface area contributed by atoms with Gasteiger partial charge in [-0.3, -0.25) is 10.1 Å². The number of aryl methyl sites for hydroxylation is 1. The van der Waals surface area contributed by atoms with E-state index in [0.29, 0.717) is 12.2 Å². The molecule has 0 aliphatic rings. The van der Waals surface area contributed by atoms with Gasteiger partial charge in [0.1, 0.15) is 24.8 Å². The van der Waals surface area contributed by atoms with Gasteiger partial charge in [-0.2, -0.15) is 0 Å². The molecule has 4 rings (SSSR count). The van der Waals surface area contributed by atoms with Gasteiger partial charge in [0.05, 0.1) is 11.1 Å². The highest BCUT2D eigenvalue weighted by molar-refractivity contribution is 5.81.